The molecule has 0 nitrogen and oxygen atoms in total. The van der Waals surface area contributed by atoms with E-state index in [9.17, 15) is 0 Å². The van der Waals surface area contributed by atoms with Crippen molar-refractivity contribution in [2.45, 2.75) is 109 Å². The third-order valence-electron chi connectivity index (χ3n) is 10.1. The molecule has 0 heterocycles. The normalized spacial score (nSPS) is 23.2. The summed E-state index contributed by atoms with van der Waals surface area (Å²) in [6.07, 6.45) is 8.42. The molecule has 0 fully saturated rings. The van der Waals surface area contributed by atoms with Crippen molar-refractivity contribution in [3.63, 3.8) is 0 Å². The van der Waals surface area contributed by atoms with Crippen molar-refractivity contribution in [2.75, 3.05) is 0 Å². The van der Waals surface area contributed by atoms with E-state index in [2.05, 4.69) is 102 Å². The van der Waals surface area contributed by atoms with E-state index in [0.29, 0.717) is 0 Å². The van der Waals surface area contributed by atoms with Crippen LogP contribution < -0.4 is 0 Å². The average Bonchev–Trinajstić information content (AvgIpc) is 2.73. The van der Waals surface area contributed by atoms with Crippen molar-refractivity contribution in [1.82, 2.24) is 0 Å². The van der Waals surface area contributed by atoms with Gasteiger partial charge in [-0.3, -0.25) is 0 Å². The zero-order valence-corrected chi connectivity index (χ0v) is 22.6. The summed E-state index contributed by atoms with van der Waals surface area (Å²) < 4.78 is 0. The Morgan fingerprint density at radius 1 is 0.483 bits per heavy atom. The Hall–Kier alpha value is -0.260. The van der Waals surface area contributed by atoms with Crippen molar-refractivity contribution in [3.05, 3.63) is 12.2 Å². The predicted molar refractivity (Wildman–Crippen MR) is 135 cm³/mol. The highest BCUT2D eigenvalue weighted by Crippen LogP contribution is 2.42. The molecule has 0 saturated heterocycles. The van der Waals surface area contributed by atoms with E-state index < -0.39 is 0 Å². The molecule has 0 N–H and O–H groups in total. The minimum Gasteiger partial charge on any atom is -0.0917 e. The Bertz CT molecular complexity index is 431. The molecular formula is C29H58. The highest BCUT2D eigenvalue weighted by molar-refractivity contribution is 4.86. The zero-order valence-electron chi connectivity index (χ0n) is 22.6. The average molecular weight is 407 g/mol. The number of allylic oxidation sites excluding steroid dienone is 2. The second-order valence-electron chi connectivity index (χ2n) is 11.1. The Labute approximate surface area is 186 Å². The van der Waals surface area contributed by atoms with Gasteiger partial charge in [-0.25, -0.2) is 0 Å². The molecule has 0 radical (unpaired) electrons. The Morgan fingerprint density at radius 3 is 1.10 bits per heavy atom. The molecule has 0 aromatic carbocycles. The smallest absolute Gasteiger partial charge is 0.0322 e. The Balaban J connectivity index is 5.07. The maximum Gasteiger partial charge on any atom is -0.0322 e. The van der Waals surface area contributed by atoms with Crippen LogP contribution in [-0.4, -0.2) is 0 Å². The van der Waals surface area contributed by atoms with E-state index in [-0.39, 0.29) is 0 Å². The van der Waals surface area contributed by atoms with Crippen molar-refractivity contribution >= 4 is 0 Å². The second-order valence-corrected chi connectivity index (χ2v) is 11.1. The van der Waals surface area contributed by atoms with Crippen LogP contribution in [0.4, 0.5) is 0 Å². The SMILES string of the molecule is CC=CCC(C)C(C)C(C)C(C)C(C)C(C)C(C)C(C)C(C)C(C)C(CC)CC. The predicted octanol–water partition coefficient (Wildman–Crippen LogP) is 9.75. The summed E-state index contributed by atoms with van der Waals surface area (Å²) in [6.45, 7) is 32.0. The van der Waals surface area contributed by atoms with Crippen molar-refractivity contribution in [1.29, 1.82) is 0 Å². The highest BCUT2D eigenvalue weighted by Gasteiger charge is 2.35. The van der Waals surface area contributed by atoms with Gasteiger partial charge >= 0.3 is 0 Å². The van der Waals surface area contributed by atoms with Gasteiger partial charge in [0.05, 0.1) is 0 Å². The fourth-order valence-corrected chi connectivity index (χ4v) is 5.90. The van der Waals surface area contributed by atoms with Gasteiger partial charge in [0.25, 0.3) is 0 Å². The lowest BCUT2D eigenvalue weighted by Crippen LogP contribution is -2.35. The van der Waals surface area contributed by atoms with Gasteiger partial charge < -0.3 is 0 Å². The molecule has 0 spiro atoms. The van der Waals surface area contributed by atoms with Crippen LogP contribution in [0, 0.1) is 65.1 Å². The van der Waals surface area contributed by atoms with Gasteiger partial charge in [-0.15, -0.1) is 0 Å². The maximum atomic E-state index is 2.54. The van der Waals surface area contributed by atoms with E-state index >= 15 is 0 Å². The van der Waals surface area contributed by atoms with Crippen LogP contribution in [0.3, 0.4) is 0 Å². The fraction of sp³-hybridized carbons (Fsp3) is 0.931. The van der Waals surface area contributed by atoms with Crippen LogP contribution in [0.5, 0.6) is 0 Å². The molecule has 0 heteroatoms. The molecule has 0 bridgehead atoms. The number of hydrogen-bond donors (Lipinski definition) is 0. The minimum absolute atomic E-state index is 0.767. The number of hydrogen-bond acceptors (Lipinski definition) is 0. The van der Waals surface area contributed by atoms with Crippen molar-refractivity contribution in [2.24, 2.45) is 65.1 Å². The molecule has 29 heavy (non-hydrogen) atoms. The largest absolute Gasteiger partial charge is 0.0917 e. The van der Waals surface area contributed by atoms with Gasteiger partial charge in [0, 0.05) is 0 Å². The quantitative estimate of drug-likeness (QED) is 0.252. The van der Waals surface area contributed by atoms with Crippen LogP contribution in [0.15, 0.2) is 12.2 Å². The Kier molecular flexibility index (Phi) is 13.8. The Morgan fingerprint density at radius 2 is 0.793 bits per heavy atom. The molecule has 174 valence electrons. The molecule has 10 atom stereocenters. The zero-order chi connectivity index (χ0) is 22.9. The molecule has 0 aliphatic carbocycles. The molecule has 10 unspecified atom stereocenters. The molecular weight excluding hydrogens is 348 g/mol. The van der Waals surface area contributed by atoms with E-state index in [1.165, 1.54) is 19.3 Å². The molecule has 0 saturated carbocycles. The van der Waals surface area contributed by atoms with Crippen molar-refractivity contribution in [3.8, 4) is 0 Å². The molecule has 0 aromatic heterocycles. The standard InChI is InChI=1S/C29H58/c1-14-17-18-19(4)20(5)21(6)22(7)23(8)24(9)25(10)26(11)27(12)28(13)29(15-2)16-3/h14,17,19-29H,15-16,18H2,1-13H3. The third kappa shape index (κ3) is 8.06. The second kappa shape index (κ2) is 13.9. The molecule has 0 rings (SSSR count). The van der Waals surface area contributed by atoms with Crippen molar-refractivity contribution < 1.29 is 0 Å². The molecule has 0 aromatic rings. The van der Waals surface area contributed by atoms with E-state index in [1.54, 1.807) is 0 Å². The summed E-state index contributed by atoms with van der Waals surface area (Å²) in [5, 5.41) is 0. The first-order chi connectivity index (χ1) is 13.5. The lowest BCUT2D eigenvalue weighted by atomic mass is 9.64. The van der Waals surface area contributed by atoms with Gasteiger partial charge in [-0.2, -0.15) is 0 Å². The van der Waals surface area contributed by atoms with E-state index in [0.717, 1.165) is 65.1 Å². The van der Waals surface area contributed by atoms with Gasteiger partial charge in [-0.05, 0) is 78.4 Å². The monoisotopic (exact) mass is 406 g/mol. The van der Waals surface area contributed by atoms with Crippen LogP contribution in [0.2, 0.25) is 0 Å². The van der Waals surface area contributed by atoms with Crippen LogP contribution in [0.25, 0.3) is 0 Å². The van der Waals surface area contributed by atoms with Gasteiger partial charge in [0.1, 0.15) is 0 Å². The van der Waals surface area contributed by atoms with Gasteiger partial charge in [0.2, 0.25) is 0 Å². The van der Waals surface area contributed by atoms with Gasteiger partial charge in [-0.1, -0.05) is 108 Å². The summed E-state index contributed by atoms with van der Waals surface area (Å²) in [7, 11) is 0. The molecule has 0 aliphatic heterocycles. The van der Waals surface area contributed by atoms with Crippen LogP contribution >= 0.6 is 0 Å². The first-order valence-corrected chi connectivity index (χ1v) is 13.1. The first kappa shape index (κ1) is 28.7. The highest BCUT2D eigenvalue weighted by atomic mass is 14.4. The lowest BCUT2D eigenvalue weighted by molar-refractivity contribution is 0.0724. The summed E-state index contributed by atoms with van der Waals surface area (Å²) >= 11 is 0. The summed E-state index contributed by atoms with van der Waals surface area (Å²) in [6, 6.07) is 0. The maximum absolute atomic E-state index is 2.54. The van der Waals surface area contributed by atoms with Gasteiger partial charge in [0.15, 0.2) is 0 Å². The molecule has 0 aliphatic rings. The topological polar surface area (TPSA) is 0 Å². The van der Waals surface area contributed by atoms with E-state index in [1.807, 2.05) is 0 Å². The minimum atomic E-state index is 0.767. The lowest BCUT2D eigenvalue weighted by Gasteiger charge is -2.42. The van der Waals surface area contributed by atoms with Crippen LogP contribution in [0.1, 0.15) is 109 Å². The number of rotatable bonds is 14. The van der Waals surface area contributed by atoms with E-state index in [4.69, 9.17) is 0 Å². The first-order valence-electron chi connectivity index (χ1n) is 13.1. The fourth-order valence-electron chi connectivity index (χ4n) is 5.90. The summed E-state index contributed by atoms with van der Waals surface area (Å²) in [4.78, 5) is 0. The summed E-state index contributed by atoms with van der Waals surface area (Å²) in [5.41, 5.74) is 0. The van der Waals surface area contributed by atoms with Crippen LogP contribution in [-0.2, 0) is 0 Å². The third-order valence-corrected chi connectivity index (χ3v) is 10.1. The summed E-state index contributed by atoms with van der Waals surface area (Å²) in [5.74, 6) is 8.72. The molecule has 0 amide bonds.